The average Bonchev–Trinajstić information content (AvgIpc) is 3.36. The molecule has 1 fully saturated rings. The number of ketones is 1. The van der Waals surface area contributed by atoms with E-state index in [1.807, 2.05) is 0 Å². The molecule has 8 heteroatoms. The van der Waals surface area contributed by atoms with Gasteiger partial charge in [-0.25, -0.2) is 4.39 Å². The molecule has 1 N–H and O–H groups in total. The fraction of sp³-hybridized carbons (Fsp3) is 0.333. The molecule has 29 heavy (non-hydrogen) atoms. The minimum Gasteiger partial charge on any atom is -0.503 e. The largest absolute Gasteiger partial charge is 0.503 e. The van der Waals surface area contributed by atoms with Crippen molar-refractivity contribution < 1.29 is 23.8 Å². The number of thiophene rings is 1. The van der Waals surface area contributed by atoms with Crippen LogP contribution in [0.15, 0.2) is 53.1 Å². The number of benzene rings is 1. The Morgan fingerprint density at radius 3 is 2.55 bits per heavy atom. The van der Waals surface area contributed by atoms with Gasteiger partial charge in [0.1, 0.15) is 5.82 Å². The molecule has 6 nitrogen and oxygen atoms in total. The Hall–Kier alpha value is -2.55. The molecule has 1 saturated heterocycles. The van der Waals surface area contributed by atoms with Gasteiger partial charge in [-0.2, -0.15) is 0 Å². The molecule has 0 aliphatic carbocycles. The Morgan fingerprint density at radius 1 is 1.17 bits per heavy atom. The number of hydrogen-bond donors (Lipinski definition) is 1. The molecule has 4 rings (SSSR count). The maximum Gasteiger partial charge on any atom is 0.290 e. The van der Waals surface area contributed by atoms with Gasteiger partial charge < -0.3 is 14.7 Å². The van der Waals surface area contributed by atoms with E-state index >= 15 is 0 Å². The van der Waals surface area contributed by atoms with Gasteiger partial charge >= 0.3 is 0 Å². The van der Waals surface area contributed by atoms with Gasteiger partial charge in [-0.1, -0.05) is 18.2 Å². The Bertz CT molecular complexity index is 921. The summed E-state index contributed by atoms with van der Waals surface area (Å²) in [5, 5.41) is 12.4. The summed E-state index contributed by atoms with van der Waals surface area (Å²) in [5.41, 5.74) is 0.636. The first-order chi connectivity index (χ1) is 14.1. The molecule has 1 atom stereocenters. The number of carbonyl (C=O) groups excluding carboxylic acids is 2. The van der Waals surface area contributed by atoms with Gasteiger partial charge in [0, 0.05) is 26.2 Å². The van der Waals surface area contributed by atoms with Crippen LogP contribution in [0.1, 0.15) is 21.3 Å². The average molecular weight is 416 g/mol. The maximum absolute atomic E-state index is 13.5. The van der Waals surface area contributed by atoms with Crippen molar-refractivity contribution >= 4 is 23.0 Å². The summed E-state index contributed by atoms with van der Waals surface area (Å²) in [6.07, 6.45) is 0. The van der Waals surface area contributed by atoms with Gasteiger partial charge in [0.15, 0.2) is 5.76 Å². The van der Waals surface area contributed by atoms with Crippen LogP contribution in [0.25, 0.3) is 0 Å². The molecule has 2 aliphatic heterocycles. The second-order valence-corrected chi connectivity index (χ2v) is 7.92. The summed E-state index contributed by atoms with van der Waals surface area (Å²) >= 11 is 1.25. The number of nitrogens with zero attached hydrogens (tertiary/aromatic N) is 2. The van der Waals surface area contributed by atoms with Crippen molar-refractivity contribution in [3.63, 3.8) is 0 Å². The van der Waals surface area contributed by atoms with Gasteiger partial charge in [-0.05, 0) is 29.1 Å². The molecule has 2 aliphatic rings. The molecule has 0 spiro atoms. The Balaban J connectivity index is 1.66. The van der Waals surface area contributed by atoms with Crippen molar-refractivity contribution in [2.45, 2.75) is 6.04 Å². The van der Waals surface area contributed by atoms with Crippen LogP contribution in [0.4, 0.5) is 4.39 Å². The maximum atomic E-state index is 13.5. The van der Waals surface area contributed by atoms with Gasteiger partial charge in [0.25, 0.3) is 5.91 Å². The third kappa shape index (κ3) is 3.96. The second-order valence-electron chi connectivity index (χ2n) is 6.98. The molecule has 2 aromatic rings. The number of halogens is 1. The van der Waals surface area contributed by atoms with Crippen LogP contribution in [0.3, 0.4) is 0 Å². The van der Waals surface area contributed by atoms with Crippen molar-refractivity contribution in [2.24, 2.45) is 0 Å². The van der Waals surface area contributed by atoms with Crippen LogP contribution in [0.5, 0.6) is 0 Å². The predicted octanol–water partition coefficient (Wildman–Crippen LogP) is 2.80. The number of rotatable bonds is 6. The topological polar surface area (TPSA) is 70.1 Å². The fourth-order valence-corrected chi connectivity index (χ4v) is 4.40. The smallest absolute Gasteiger partial charge is 0.290 e. The number of amides is 1. The van der Waals surface area contributed by atoms with Gasteiger partial charge in [0.05, 0.1) is 29.7 Å². The highest BCUT2D eigenvalue weighted by molar-refractivity contribution is 7.12. The van der Waals surface area contributed by atoms with E-state index in [4.69, 9.17) is 4.74 Å². The molecule has 0 saturated carbocycles. The first kappa shape index (κ1) is 19.8. The Labute approximate surface area is 171 Å². The summed E-state index contributed by atoms with van der Waals surface area (Å²) in [4.78, 5) is 30.1. The van der Waals surface area contributed by atoms with Crippen molar-refractivity contribution in [3.8, 4) is 0 Å². The first-order valence-corrected chi connectivity index (χ1v) is 10.3. The van der Waals surface area contributed by atoms with Crippen LogP contribution in [-0.2, 0) is 9.53 Å². The number of Topliss-reactive ketones (excluding diaryl/α,β-unsaturated/α-hetero) is 1. The third-order valence-electron chi connectivity index (χ3n) is 5.24. The van der Waals surface area contributed by atoms with Crippen LogP contribution >= 0.6 is 11.3 Å². The van der Waals surface area contributed by atoms with E-state index in [9.17, 15) is 19.1 Å². The summed E-state index contributed by atoms with van der Waals surface area (Å²) in [6.45, 7) is 3.75. The minimum absolute atomic E-state index is 0.0473. The lowest BCUT2D eigenvalue weighted by molar-refractivity contribution is -0.129. The summed E-state index contributed by atoms with van der Waals surface area (Å²) in [6, 6.07) is 8.35. The Kier molecular flexibility index (Phi) is 5.75. The highest BCUT2D eigenvalue weighted by atomic mass is 32.1. The molecule has 1 aromatic heterocycles. The van der Waals surface area contributed by atoms with Crippen molar-refractivity contribution in [3.05, 3.63) is 69.4 Å². The minimum atomic E-state index is -0.751. The number of morpholine rings is 1. The molecule has 1 aromatic carbocycles. The molecule has 0 bridgehead atoms. The second kappa shape index (κ2) is 8.44. The van der Waals surface area contributed by atoms with E-state index < -0.39 is 23.5 Å². The normalized spacial score (nSPS) is 20.5. The quantitative estimate of drug-likeness (QED) is 0.734. The lowest BCUT2D eigenvalue weighted by Gasteiger charge is -2.31. The number of ether oxygens (including phenoxy) is 1. The zero-order valence-electron chi connectivity index (χ0n) is 15.7. The van der Waals surface area contributed by atoms with Gasteiger partial charge in [-0.15, -0.1) is 11.3 Å². The number of hydrogen-bond acceptors (Lipinski definition) is 6. The molecule has 0 unspecified atom stereocenters. The van der Waals surface area contributed by atoms with Gasteiger partial charge in [-0.3, -0.25) is 14.5 Å². The van der Waals surface area contributed by atoms with Crippen molar-refractivity contribution in [1.29, 1.82) is 0 Å². The van der Waals surface area contributed by atoms with E-state index in [0.717, 1.165) is 13.1 Å². The molecular weight excluding hydrogens is 395 g/mol. The first-order valence-electron chi connectivity index (χ1n) is 9.44. The third-order valence-corrected chi connectivity index (χ3v) is 6.11. The molecule has 152 valence electrons. The highest BCUT2D eigenvalue weighted by Gasteiger charge is 2.43. The van der Waals surface area contributed by atoms with Crippen LogP contribution in [-0.4, -0.2) is 66.0 Å². The summed E-state index contributed by atoms with van der Waals surface area (Å²) in [7, 11) is 0. The molecular formula is C21H21FN2O4S. The Morgan fingerprint density at radius 2 is 1.90 bits per heavy atom. The van der Waals surface area contributed by atoms with Crippen molar-refractivity contribution in [2.75, 3.05) is 39.4 Å². The fourth-order valence-electron chi connectivity index (χ4n) is 3.72. The standard InChI is InChI=1S/C21H21FN2O4S/c22-15-5-3-14(4-6-15)18-17(19(25)16-2-1-13-29-16)20(26)21(27)24(18)8-7-23-9-11-28-12-10-23/h1-6,13,18,26H,7-12H2/t18-/m0/s1. The zero-order valence-corrected chi connectivity index (χ0v) is 16.5. The number of aliphatic hydroxyl groups is 1. The SMILES string of the molecule is O=C(C1=C(O)C(=O)N(CCN2CCOCC2)[C@H]1c1ccc(F)cc1)c1cccs1. The number of carbonyl (C=O) groups is 2. The van der Waals surface area contributed by atoms with Crippen LogP contribution in [0.2, 0.25) is 0 Å². The van der Waals surface area contributed by atoms with E-state index in [1.165, 1.54) is 28.4 Å². The molecule has 1 amide bonds. The van der Waals surface area contributed by atoms with E-state index in [0.29, 0.717) is 36.7 Å². The van der Waals surface area contributed by atoms with E-state index in [1.54, 1.807) is 29.6 Å². The number of aliphatic hydroxyl groups excluding tert-OH is 1. The van der Waals surface area contributed by atoms with Gasteiger partial charge in [0.2, 0.25) is 5.78 Å². The lowest BCUT2D eigenvalue weighted by atomic mass is 9.95. The summed E-state index contributed by atoms with van der Waals surface area (Å²) in [5.74, 6) is -1.89. The van der Waals surface area contributed by atoms with Crippen LogP contribution < -0.4 is 0 Å². The molecule has 0 radical (unpaired) electrons. The lowest BCUT2D eigenvalue weighted by Crippen LogP contribution is -2.43. The van der Waals surface area contributed by atoms with Crippen molar-refractivity contribution in [1.82, 2.24) is 9.80 Å². The monoisotopic (exact) mass is 416 g/mol. The van der Waals surface area contributed by atoms with E-state index in [2.05, 4.69) is 4.90 Å². The van der Waals surface area contributed by atoms with Crippen LogP contribution in [0, 0.1) is 5.82 Å². The highest BCUT2D eigenvalue weighted by Crippen LogP contribution is 2.39. The predicted molar refractivity (Wildman–Crippen MR) is 106 cm³/mol. The van der Waals surface area contributed by atoms with E-state index in [-0.39, 0.29) is 11.4 Å². The zero-order chi connectivity index (χ0) is 20.4. The summed E-state index contributed by atoms with van der Waals surface area (Å²) < 4.78 is 18.8. The molecule has 3 heterocycles.